The molecule has 0 unspecified atom stereocenters. The van der Waals surface area contributed by atoms with Crippen LogP contribution in [0, 0.1) is 0 Å². The van der Waals surface area contributed by atoms with Crippen LogP contribution in [-0.2, 0) is 13.6 Å². The van der Waals surface area contributed by atoms with Crippen molar-refractivity contribution in [3.8, 4) is 0 Å². The van der Waals surface area contributed by atoms with Crippen LogP contribution < -0.4 is 16.1 Å². The number of hydrogen-bond acceptors (Lipinski definition) is 8. The molecule has 3 heterocycles. The number of para-hydroxylation sites is 1. The van der Waals surface area contributed by atoms with Gasteiger partial charge in [0.2, 0.25) is 5.95 Å². The van der Waals surface area contributed by atoms with Crippen LogP contribution in [0.4, 0.5) is 5.95 Å². The van der Waals surface area contributed by atoms with E-state index in [9.17, 15) is 14.7 Å². The van der Waals surface area contributed by atoms with Gasteiger partial charge in [0.25, 0.3) is 5.56 Å². The van der Waals surface area contributed by atoms with Gasteiger partial charge in [-0.3, -0.25) is 14.3 Å². The Balaban J connectivity index is 1.67. The Morgan fingerprint density at radius 1 is 1.28 bits per heavy atom. The van der Waals surface area contributed by atoms with Gasteiger partial charge >= 0.3 is 5.69 Å². The average molecular weight is 433 g/mol. The molecule has 0 aliphatic heterocycles. The number of H-pyrrole nitrogens is 1. The maximum absolute atomic E-state index is 12.5. The number of benzene rings is 1. The topological polar surface area (TPSA) is 109 Å². The second-order valence-corrected chi connectivity index (χ2v) is 8.87. The van der Waals surface area contributed by atoms with Crippen molar-refractivity contribution < 1.29 is 5.11 Å². The lowest BCUT2D eigenvalue weighted by molar-refractivity contribution is 0.303. The number of rotatable bonds is 7. The second kappa shape index (κ2) is 8.01. The number of fused-ring (bicyclic) bond motifs is 2. The van der Waals surface area contributed by atoms with E-state index in [4.69, 9.17) is 0 Å². The summed E-state index contributed by atoms with van der Waals surface area (Å²) < 4.78 is 5.22. The van der Waals surface area contributed by atoms with Gasteiger partial charge in [0.15, 0.2) is 15.5 Å². The summed E-state index contributed by atoms with van der Waals surface area (Å²) >= 11 is 3.24. The number of aromatic amines is 1. The van der Waals surface area contributed by atoms with Crippen LogP contribution in [0.3, 0.4) is 0 Å². The summed E-state index contributed by atoms with van der Waals surface area (Å²) in [5.41, 5.74) is 0.666. The van der Waals surface area contributed by atoms with Crippen LogP contribution in [0.1, 0.15) is 0 Å². The number of anilines is 1. The molecule has 0 saturated carbocycles. The Hall–Kier alpha value is -2.63. The van der Waals surface area contributed by atoms with Crippen molar-refractivity contribution in [2.45, 2.75) is 10.9 Å². The molecule has 0 aliphatic rings. The van der Waals surface area contributed by atoms with Gasteiger partial charge in [-0.1, -0.05) is 23.9 Å². The van der Waals surface area contributed by atoms with Gasteiger partial charge in [0, 0.05) is 32.9 Å². The predicted octanol–water partition coefficient (Wildman–Crippen LogP) is 1.25. The lowest BCUT2D eigenvalue weighted by atomic mass is 10.3. The Morgan fingerprint density at radius 3 is 2.83 bits per heavy atom. The number of aliphatic hydroxyl groups excluding tert-OH is 1. The van der Waals surface area contributed by atoms with Gasteiger partial charge in [0.1, 0.15) is 0 Å². The Bertz CT molecular complexity index is 1260. The van der Waals surface area contributed by atoms with Crippen LogP contribution in [0.15, 0.2) is 38.2 Å². The standard InChI is InChI=1S/C18H20N6O3S2/c1-22(7-9-25)16-20-14-13(15(26)21-17(27)23(14)2)24(16)8-10-28-18-19-11-5-3-4-6-12(11)29-18/h3-6,25H,7-10H2,1-2H3,(H,21,26,27). The summed E-state index contributed by atoms with van der Waals surface area (Å²) in [5.74, 6) is 1.21. The third-order valence-corrected chi connectivity index (χ3v) is 6.74. The summed E-state index contributed by atoms with van der Waals surface area (Å²) in [4.78, 5) is 37.7. The zero-order chi connectivity index (χ0) is 20.5. The first-order valence-corrected chi connectivity index (χ1v) is 10.8. The predicted molar refractivity (Wildman–Crippen MR) is 116 cm³/mol. The molecule has 0 aliphatic carbocycles. The van der Waals surface area contributed by atoms with Crippen molar-refractivity contribution in [2.24, 2.45) is 7.05 Å². The Morgan fingerprint density at radius 2 is 2.07 bits per heavy atom. The highest BCUT2D eigenvalue weighted by Crippen LogP contribution is 2.30. The molecule has 0 saturated heterocycles. The third-order valence-electron chi connectivity index (χ3n) is 4.58. The molecule has 11 heteroatoms. The van der Waals surface area contributed by atoms with Crippen LogP contribution >= 0.6 is 23.1 Å². The van der Waals surface area contributed by atoms with Gasteiger partial charge in [-0.2, -0.15) is 4.98 Å². The fourth-order valence-corrected chi connectivity index (χ4v) is 5.18. The normalized spacial score (nSPS) is 11.6. The maximum Gasteiger partial charge on any atom is 0.329 e. The van der Waals surface area contributed by atoms with E-state index >= 15 is 0 Å². The van der Waals surface area contributed by atoms with E-state index < -0.39 is 11.2 Å². The van der Waals surface area contributed by atoms with Crippen molar-refractivity contribution in [1.29, 1.82) is 0 Å². The molecule has 0 spiro atoms. The highest BCUT2D eigenvalue weighted by molar-refractivity contribution is 8.01. The van der Waals surface area contributed by atoms with Crippen molar-refractivity contribution in [2.75, 3.05) is 30.9 Å². The fourth-order valence-electron chi connectivity index (χ4n) is 3.11. The lowest BCUT2D eigenvalue weighted by Gasteiger charge is -2.18. The quantitative estimate of drug-likeness (QED) is 0.423. The number of thiazole rings is 1. The number of imidazole rings is 1. The minimum absolute atomic E-state index is 0.0462. The van der Waals surface area contributed by atoms with Crippen LogP contribution in [0.5, 0.6) is 0 Å². The van der Waals surface area contributed by atoms with Crippen LogP contribution in [-0.4, -0.2) is 55.1 Å². The number of aliphatic hydroxyl groups is 1. The summed E-state index contributed by atoms with van der Waals surface area (Å²) in [6.45, 7) is 0.819. The highest BCUT2D eigenvalue weighted by Gasteiger charge is 2.19. The van der Waals surface area contributed by atoms with Gasteiger partial charge in [-0.25, -0.2) is 9.78 Å². The Kier molecular flexibility index (Phi) is 5.43. The van der Waals surface area contributed by atoms with E-state index in [2.05, 4.69) is 15.0 Å². The summed E-state index contributed by atoms with van der Waals surface area (Å²) in [7, 11) is 3.37. The molecule has 4 aromatic rings. The number of thioether (sulfide) groups is 1. The van der Waals surface area contributed by atoms with E-state index in [1.165, 1.54) is 4.57 Å². The van der Waals surface area contributed by atoms with E-state index in [0.29, 0.717) is 36.0 Å². The zero-order valence-electron chi connectivity index (χ0n) is 16.0. The Labute approximate surface area is 173 Å². The second-order valence-electron chi connectivity index (χ2n) is 6.50. The number of hydrogen-bond donors (Lipinski definition) is 2. The van der Waals surface area contributed by atoms with Crippen molar-refractivity contribution in [3.63, 3.8) is 0 Å². The minimum atomic E-state index is -0.507. The third kappa shape index (κ3) is 3.68. The van der Waals surface area contributed by atoms with Crippen LogP contribution in [0.25, 0.3) is 21.4 Å². The molecule has 29 heavy (non-hydrogen) atoms. The molecule has 1 aromatic carbocycles. The summed E-state index contributed by atoms with van der Waals surface area (Å²) in [5, 5.41) is 9.30. The van der Waals surface area contributed by atoms with E-state index in [1.807, 2.05) is 24.3 Å². The molecule has 2 N–H and O–H groups in total. The molecule has 4 rings (SSSR count). The first kappa shape index (κ1) is 19.7. The van der Waals surface area contributed by atoms with Gasteiger partial charge in [-0.15, -0.1) is 11.3 Å². The maximum atomic E-state index is 12.5. The molecule has 0 bridgehead atoms. The van der Waals surface area contributed by atoms with Gasteiger partial charge in [-0.05, 0) is 12.1 Å². The smallest absolute Gasteiger partial charge is 0.329 e. The van der Waals surface area contributed by atoms with E-state index in [1.54, 1.807) is 46.7 Å². The summed E-state index contributed by atoms with van der Waals surface area (Å²) in [6, 6.07) is 7.99. The average Bonchev–Trinajstić information content (AvgIpc) is 3.28. The molecule has 0 amide bonds. The fraction of sp³-hybridized carbons (Fsp3) is 0.333. The molecule has 152 valence electrons. The number of aryl methyl sites for hydroxylation is 2. The molecular formula is C18H20N6O3S2. The first-order chi connectivity index (χ1) is 14.0. The monoisotopic (exact) mass is 432 g/mol. The van der Waals surface area contributed by atoms with Crippen molar-refractivity contribution in [3.05, 3.63) is 45.1 Å². The van der Waals surface area contributed by atoms with Crippen LogP contribution in [0.2, 0.25) is 0 Å². The van der Waals surface area contributed by atoms with Gasteiger partial charge in [0.05, 0.1) is 16.8 Å². The zero-order valence-corrected chi connectivity index (χ0v) is 17.6. The van der Waals surface area contributed by atoms with Crippen molar-refractivity contribution in [1.82, 2.24) is 24.1 Å². The number of nitrogens with zero attached hydrogens (tertiary/aromatic N) is 5. The molecular weight excluding hydrogens is 412 g/mol. The molecule has 0 atom stereocenters. The molecule has 9 nitrogen and oxygen atoms in total. The van der Waals surface area contributed by atoms with Crippen molar-refractivity contribution >= 4 is 50.4 Å². The highest BCUT2D eigenvalue weighted by atomic mass is 32.2. The van der Waals surface area contributed by atoms with E-state index in [0.717, 1.165) is 14.6 Å². The largest absolute Gasteiger partial charge is 0.395 e. The number of aromatic nitrogens is 5. The number of likely N-dealkylation sites (N-methyl/N-ethyl adjacent to an activating group) is 1. The molecule has 3 aromatic heterocycles. The first-order valence-electron chi connectivity index (χ1n) is 8.99. The molecule has 0 fully saturated rings. The van der Waals surface area contributed by atoms with E-state index in [-0.39, 0.29) is 6.61 Å². The molecule has 0 radical (unpaired) electrons. The summed E-state index contributed by atoms with van der Waals surface area (Å²) in [6.07, 6.45) is 0. The number of nitrogens with one attached hydrogen (secondary N) is 1. The SMILES string of the molecule is CN(CCO)c1nc2c(c(=O)[nH]c(=O)n2C)n1CCSc1nc2ccccc2s1. The lowest BCUT2D eigenvalue weighted by Crippen LogP contribution is -2.29. The van der Waals surface area contributed by atoms with Gasteiger partial charge < -0.3 is 14.6 Å². The minimum Gasteiger partial charge on any atom is -0.395 e.